The maximum Gasteiger partial charge on any atom is 0.162 e. The number of hydrogen-bond donors (Lipinski definition) is 1. The Morgan fingerprint density at radius 1 is 1.33 bits per heavy atom. The molecule has 0 unspecified atom stereocenters. The topological polar surface area (TPSA) is 37.3 Å². The first kappa shape index (κ1) is 11.8. The van der Waals surface area contributed by atoms with E-state index >= 15 is 0 Å². The number of aryl methyl sites for hydroxylation is 1. The van der Waals surface area contributed by atoms with E-state index in [-0.39, 0.29) is 11.5 Å². The van der Waals surface area contributed by atoms with Crippen molar-refractivity contribution in [3.8, 4) is 5.75 Å². The first-order chi connectivity index (χ1) is 7.15. The number of rotatable bonds is 5. The lowest BCUT2D eigenvalue weighted by molar-refractivity contribution is 0.0979. The summed E-state index contributed by atoms with van der Waals surface area (Å²) >= 11 is 0. The van der Waals surface area contributed by atoms with Gasteiger partial charge in [-0.25, -0.2) is 0 Å². The number of hydrogen-bond acceptors (Lipinski definition) is 2. The molecule has 0 aliphatic carbocycles. The van der Waals surface area contributed by atoms with E-state index in [1.165, 1.54) is 0 Å². The summed E-state index contributed by atoms with van der Waals surface area (Å²) in [5.41, 5.74) is 1.47. The van der Waals surface area contributed by atoms with Gasteiger partial charge in [0, 0.05) is 12.0 Å². The van der Waals surface area contributed by atoms with Crippen molar-refractivity contribution < 1.29 is 9.90 Å². The molecule has 2 heteroatoms. The molecule has 0 bridgehead atoms. The minimum atomic E-state index is 0.173. The van der Waals surface area contributed by atoms with E-state index in [0.29, 0.717) is 12.0 Å². The molecule has 15 heavy (non-hydrogen) atoms. The van der Waals surface area contributed by atoms with Gasteiger partial charge in [0.15, 0.2) is 5.78 Å². The Labute approximate surface area is 90.9 Å². The molecule has 0 aromatic heterocycles. The molecule has 0 aliphatic heterocycles. The number of unbranched alkanes of at least 4 members (excludes halogenated alkanes) is 2. The predicted octanol–water partition coefficient (Wildman–Crippen LogP) is 3.46. The smallest absolute Gasteiger partial charge is 0.162 e. The fourth-order valence-corrected chi connectivity index (χ4v) is 1.51. The van der Waals surface area contributed by atoms with E-state index < -0.39 is 0 Å². The second-order valence-electron chi connectivity index (χ2n) is 3.88. The van der Waals surface area contributed by atoms with Gasteiger partial charge in [0.2, 0.25) is 0 Å². The Morgan fingerprint density at radius 2 is 2.07 bits per heavy atom. The molecule has 1 rings (SSSR count). The van der Waals surface area contributed by atoms with Crippen molar-refractivity contribution >= 4 is 5.78 Å². The van der Waals surface area contributed by atoms with Crippen LogP contribution >= 0.6 is 0 Å². The molecule has 0 heterocycles. The summed E-state index contributed by atoms with van der Waals surface area (Å²) in [7, 11) is 0. The summed E-state index contributed by atoms with van der Waals surface area (Å²) in [6.45, 7) is 3.92. The van der Waals surface area contributed by atoms with Crippen LogP contribution < -0.4 is 0 Å². The Bertz CT molecular complexity index is 342. The second kappa shape index (κ2) is 5.54. The zero-order valence-electron chi connectivity index (χ0n) is 9.42. The molecule has 2 nitrogen and oxygen atoms in total. The largest absolute Gasteiger partial charge is 0.508 e. The van der Waals surface area contributed by atoms with Crippen LogP contribution in [0, 0.1) is 6.92 Å². The molecule has 1 aromatic carbocycles. The Morgan fingerprint density at radius 3 is 2.67 bits per heavy atom. The van der Waals surface area contributed by atoms with Gasteiger partial charge in [0.05, 0.1) is 0 Å². The third kappa shape index (κ3) is 3.39. The lowest BCUT2D eigenvalue weighted by Gasteiger charge is -2.03. The number of carbonyl (C=O) groups is 1. The van der Waals surface area contributed by atoms with E-state index in [1.54, 1.807) is 25.1 Å². The van der Waals surface area contributed by atoms with Crippen molar-refractivity contribution in [1.82, 2.24) is 0 Å². The van der Waals surface area contributed by atoms with Crippen LogP contribution in [0.2, 0.25) is 0 Å². The maximum atomic E-state index is 11.7. The number of aromatic hydroxyl groups is 1. The van der Waals surface area contributed by atoms with Crippen molar-refractivity contribution in [3.63, 3.8) is 0 Å². The molecule has 0 saturated carbocycles. The van der Waals surface area contributed by atoms with Gasteiger partial charge in [-0.15, -0.1) is 0 Å². The molecule has 1 aromatic rings. The molecule has 0 fully saturated rings. The van der Waals surface area contributed by atoms with Gasteiger partial charge in [-0.1, -0.05) is 19.8 Å². The SMILES string of the molecule is CCCCCC(=O)c1ccc(O)c(C)c1. The monoisotopic (exact) mass is 206 g/mol. The zero-order valence-corrected chi connectivity index (χ0v) is 9.42. The highest BCUT2D eigenvalue weighted by Gasteiger charge is 2.06. The quantitative estimate of drug-likeness (QED) is 0.591. The maximum absolute atomic E-state index is 11.7. The first-order valence-corrected chi connectivity index (χ1v) is 5.48. The van der Waals surface area contributed by atoms with E-state index in [2.05, 4.69) is 6.92 Å². The summed E-state index contributed by atoms with van der Waals surface area (Å²) in [6.07, 6.45) is 3.79. The normalized spacial score (nSPS) is 10.3. The Balaban J connectivity index is 2.62. The van der Waals surface area contributed by atoms with Gasteiger partial charge < -0.3 is 5.11 Å². The van der Waals surface area contributed by atoms with Gasteiger partial charge in [0.25, 0.3) is 0 Å². The second-order valence-corrected chi connectivity index (χ2v) is 3.88. The third-order valence-corrected chi connectivity index (χ3v) is 2.53. The summed E-state index contributed by atoms with van der Waals surface area (Å²) in [5, 5.41) is 9.33. The standard InChI is InChI=1S/C13H18O2/c1-3-4-5-6-13(15)11-7-8-12(14)10(2)9-11/h7-9,14H,3-6H2,1-2H3. The summed E-state index contributed by atoms with van der Waals surface area (Å²) in [4.78, 5) is 11.7. The fourth-order valence-electron chi connectivity index (χ4n) is 1.51. The first-order valence-electron chi connectivity index (χ1n) is 5.48. The molecule has 0 radical (unpaired) electrons. The number of ketones is 1. The average molecular weight is 206 g/mol. The lowest BCUT2D eigenvalue weighted by Crippen LogP contribution is -1.99. The molecule has 0 saturated heterocycles. The Kier molecular flexibility index (Phi) is 4.35. The highest BCUT2D eigenvalue weighted by molar-refractivity contribution is 5.96. The van der Waals surface area contributed by atoms with Crippen molar-refractivity contribution in [2.75, 3.05) is 0 Å². The van der Waals surface area contributed by atoms with E-state index in [9.17, 15) is 9.90 Å². The van der Waals surface area contributed by atoms with E-state index in [1.807, 2.05) is 0 Å². The van der Waals surface area contributed by atoms with Crippen LogP contribution in [-0.4, -0.2) is 10.9 Å². The van der Waals surface area contributed by atoms with Gasteiger partial charge in [-0.05, 0) is 37.1 Å². The lowest BCUT2D eigenvalue weighted by atomic mass is 10.0. The number of benzene rings is 1. The van der Waals surface area contributed by atoms with Crippen LogP contribution in [0.4, 0.5) is 0 Å². The minimum absolute atomic E-state index is 0.173. The molecule has 1 N–H and O–H groups in total. The van der Waals surface area contributed by atoms with Gasteiger partial charge in [-0.3, -0.25) is 4.79 Å². The summed E-state index contributed by atoms with van der Waals surface area (Å²) < 4.78 is 0. The van der Waals surface area contributed by atoms with Crippen LogP contribution in [0.25, 0.3) is 0 Å². The number of carbonyl (C=O) groups excluding carboxylic acids is 1. The van der Waals surface area contributed by atoms with Crippen LogP contribution in [0.5, 0.6) is 5.75 Å². The summed E-state index contributed by atoms with van der Waals surface area (Å²) in [6, 6.07) is 5.03. The fraction of sp³-hybridized carbons (Fsp3) is 0.462. The predicted molar refractivity (Wildman–Crippen MR) is 61.3 cm³/mol. The van der Waals surface area contributed by atoms with Gasteiger partial charge >= 0.3 is 0 Å². The molecule has 0 atom stereocenters. The number of phenols is 1. The Hall–Kier alpha value is -1.31. The highest BCUT2D eigenvalue weighted by Crippen LogP contribution is 2.18. The van der Waals surface area contributed by atoms with Crippen LogP contribution in [0.15, 0.2) is 18.2 Å². The third-order valence-electron chi connectivity index (χ3n) is 2.53. The van der Waals surface area contributed by atoms with Crippen molar-refractivity contribution in [2.24, 2.45) is 0 Å². The minimum Gasteiger partial charge on any atom is -0.508 e. The zero-order chi connectivity index (χ0) is 11.3. The van der Waals surface area contributed by atoms with Crippen molar-refractivity contribution in [3.05, 3.63) is 29.3 Å². The van der Waals surface area contributed by atoms with Crippen LogP contribution in [-0.2, 0) is 0 Å². The van der Waals surface area contributed by atoms with E-state index in [0.717, 1.165) is 24.8 Å². The number of Topliss-reactive ketones (excluding diaryl/α,β-unsaturated/α-hetero) is 1. The van der Waals surface area contributed by atoms with Crippen LogP contribution in [0.1, 0.15) is 48.5 Å². The highest BCUT2D eigenvalue weighted by atomic mass is 16.3. The molecule has 0 amide bonds. The molecule has 82 valence electrons. The summed E-state index contributed by atoms with van der Waals surface area (Å²) in [5.74, 6) is 0.423. The van der Waals surface area contributed by atoms with Crippen molar-refractivity contribution in [2.45, 2.75) is 39.5 Å². The molecule has 0 spiro atoms. The van der Waals surface area contributed by atoms with Crippen molar-refractivity contribution in [1.29, 1.82) is 0 Å². The molecule has 0 aliphatic rings. The average Bonchev–Trinajstić information content (AvgIpc) is 2.22. The number of phenolic OH excluding ortho intramolecular Hbond substituents is 1. The van der Waals surface area contributed by atoms with Gasteiger partial charge in [-0.2, -0.15) is 0 Å². The van der Waals surface area contributed by atoms with Crippen LogP contribution in [0.3, 0.4) is 0 Å². The molecular formula is C13H18O2. The molecular weight excluding hydrogens is 188 g/mol. The van der Waals surface area contributed by atoms with Gasteiger partial charge in [0.1, 0.15) is 5.75 Å². The van der Waals surface area contributed by atoms with E-state index in [4.69, 9.17) is 0 Å².